The normalized spacial score (nSPS) is 19.1. The molecule has 1 aromatic carbocycles. The molecule has 1 unspecified atom stereocenters. The molecule has 1 aromatic heterocycles. The third-order valence-corrected chi connectivity index (χ3v) is 3.94. The molecule has 6 heteroatoms. The molecule has 0 aliphatic carbocycles. The van der Waals surface area contributed by atoms with E-state index in [1.165, 1.54) is 0 Å². The minimum Gasteiger partial charge on any atom is -0.484 e. The minimum absolute atomic E-state index is 0.00788. The molecule has 0 saturated carbocycles. The van der Waals surface area contributed by atoms with Crippen LogP contribution in [0.15, 0.2) is 42.7 Å². The summed E-state index contributed by atoms with van der Waals surface area (Å²) in [5, 5.41) is 0. The van der Waals surface area contributed by atoms with Gasteiger partial charge in [0.1, 0.15) is 11.6 Å². The molecule has 2 heterocycles. The summed E-state index contributed by atoms with van der Waals surface area (Å²) < 4.78 is 5.55. The number of amides is 1. The number of nitrogens with zero attached hydrogens (tertiary/aromatic N) is 3. The Morgan fingerprint density at radius 3 is 2.91 bits per heavy atom. The fourth-order valence-corrected chi connectivity index (χ4v) is 2.61. The highest BCUT2D eigenvalue weighted by Gasteiger charge is 2.29. The van der Waals surface area contributed by atoms with Crippen LogP contribution < -0.4 is 4.74 Å². The SMILES string of the molecule is CN1CCN(C(=O)COc2ccccc2)CC1c1ncc[nH]1. The molecule has 22 heavy (non-hydrogen) atoms. The van der Waals surface area contributed by atoms with Crippen LogP contribution in [-0.2, 0) is 4.79 Å². The lowest BCUT2D eigenvalue weighted by Gasteiger charge is -2.38. The summed E-state index contributed by atoms with van der Waals surface area (Å²) >= 11 is 0. The van der Waals surface area contributed by atoms with Gasteiger partial charge in [-0.15, -0.1) is 0 Å². The van der Waals surface area contributed by atoms with E-state index < -0.39 is 0 Å². The van der Waals surface area contributed by atoms with Crippen LogP contribution >= 0.6 is 0 Å². The van der Waals surface area contributed by atoms with Gasteiger partial charge in [-0.1, -0.05) is 18.2 Å². The summed E-state index contributed by atoms with van der Waals surface area (Å²) in [5.74, 6) is 1.62. The van der Waals surface area contributed by atoms with Crippen LogP contribution in [0.4, 0.5) is 0 Å². The summed E-state index contributed by atoms with van der Waals surface area (Å²) in [6.45, 7) is 2.23. The first-order valence-electron chi connectivity index (χ1n) is 7.39. The lowest BCUT2D eigenvalue weighted by atomic mass is 10.1. The number of ether oxygens (including phenoxy) is 1. The smallest absolute Gasteiger partial charge is 0.260 e. The number of hydrogen-bond donors (Lipinski definition) is 1. The monoisotopic (exact) mass is 300 g/mol. The number of carbonyl (C=O) groups excluding carboxylic acids is 1. The van der Waals surface area contributed by atoms with Gasteiger partial charge in [-0.05, 0) is 19.2 Å². The van der Waals surface area contributed by atoms with Crippen molar-refractivity contribution in [2.24, 2.45) is 0 Å². The van der Waals surface area contributed by atoms with Crippen molar-refractivity contribution in [2.75, 3.05) is 33.3 Å². The lowest BCUT2D eigenvalue weighted by Crippen LogP contribution is -2.50. The number of nitrogens with one attached hydrogen (secondary N) is 1. The second kappa shape index (κ2) is 6.62. The van der Waals surface area contributed by atoms with Crippen molar-refractivity contribution in [3.05, 3.63) is 48.5 Å². The van der Waals surface area contributed by atoms with Gasteiger partial charge in [0.15, 0.2) is 6.61 Å². The first-order valence-corrected chi connectivity index (χ1v) is 7.39. The van der Waals surface area contributed by atoms with Crippen LogP contribution in [-0.4, -0.2) is 59.0 Å². The van der Waals surface area contributed by atoms with E-state index in [1.807, 2.05) is 41.4 Å². The lowest BCUT2D eigenvalue weighted by molar-refractivity contribution is -0.136. The topological polar surface area (TPSA) is 61.5 Å². The van der Waals surface area contributed by atoms with Crippen molar-refractivity contribution in [2.45, 2.75) is 6.04 Å². The molecule has 1 saturated heterocycles. The summed E-state index contributed by atoms with van der Waals surface area (Å²) in [6.07, 6.45) is 3.55. The first kappa shape index (κ1) is 14.6. The van der Waals surface area contributed by atoms with Gasteiger partial charge in [0.2, 0.25) is 0 Å². The zero-order chi connectivity index (χ0) is 15.4. The molecule has 1 aliphatic heterocycles. The molecule has 6 nitrogen and oxygen atoms in total. The maximum Gasteiger partial charge on any atom is 0.260 e. The second-order valence-corrected chi connectivity index (χ2v) is 5.41. The average Bonchev–Trinajstić information content (AvgIpc) is 3.08. The van der Waals surface area contributed by atoms with Crippen molar-refractivity contribution < 1.29 is 9.53 Å². The quantitative estimate of drug-likeness (QED) is 0.924. The molecule has 1 fully saturated rings. The molecular weight excluding hydrogens is 280 g/mol. The van der Waals surface area contributed by atoms with Crippen molar-refractivity contribution in [1.82, 2.24) is 19.8 Å². The highest BCUT2D eigenvalue weighted by molar-refractivity contribution is 5.78. The Kier molecular flexibility index (Phi) is 4.39. The number of aromatic amines is 1. The van der Waals surface area contributed by atoms with E-state index in [2.05, 4.69) is 21.9 Å². The molecule has 0 bridgehead atoms. The van der Waals surface area contributed by atoms with Crippen molar-refractivity contribution in [3.8, 4) is 5.75 Å². The van der Waals surface area contributed by atoms with Crippen LogP contribution in [0.25, 0.3) is 0 Å². The Morgan fingerprint density at radius 1 is 1.36 bits per heavy atom. The molecule has 0 radical (unpaired) electrons. The highest BCUT2D eigenvalue weighted by atomic mass is 16.5. The molecule has 1 aliphatic rings. The van der Waals surface area contributed by atoms with Crippen LogP contribution in [0.2, 0.25) is 0 Å². The van der Waals surface area contributed by atoms with E-state index in [1.54, 1.807) is 6.20 Å². The van der Waals surface area contributed by atoms with E-state index in [9.17, 15) is 4.79 Å². The summed E-state index contributed by atoms with van der Waals surface area (Å²) in [7, 11) is 2.05. The van der Waals surface area contributed by atoms with E-state index in [0.29, 0.717) is 18.8 Å². The number of piperazine rings is 1. The van der Waals surface area contributed by atoms with Gasteiger partial charge in [0, 0.05) is 32.0 Å². The average molecular weight is 300 g/mol. The Morgan fingerprint density at radius 2 is 2.18 bits per heavy atom. The van der Waals surface area contributed by atoms with Crippen molar-refractivity contribution in [3.63, 3.8) is 0 Å². The minimum atomic E-state index is 0.00788. The van der Waals surface area contributed by atoms with Gasteiger partial charge in [-0.25, -0.2) is 4.98 Å². The van der Waals surface area contributed by atoms with Crippen molar-refractivity contribution >= 4 is 5.91 Å². The highest BCUT2D eigenvalue weighted by Crippen LogP contribution is 2.21. The van der Waals surface area contributed by atoms with Gasteiger partial charge < -0.3 is 14.6 Å². The van der Waals surface area contributed by atoms with Gasteiger partial charge in [-0.3, -0.25) is 9.69 Å². The zero-order valence-corrected chi connectivity index (χ0v) is 12.6. The molecular formula is C16H20N4O2. The fraction of sp³-hybridized carbons (Fsp3) is 0.375. The molecule has 116 valence electrons. The number of rotatable bonds is 4. The molecule has 2 aromatic rings. The van der Waals surface area contributed by atoms with Gasteiger partial charge in [-0.2, -0.15) is 0 Å². The third kappa shape index (κ3) is 3.28. The maximum atomic E-state index is 12.3. The number of para-hydroxylation sites is 1. The number of hydrogen-bond acceptors (Lipinski definition) is 4. The standard InChI is InChI=1S/C16H20N4O2/c1-19-9-10-20(11-14(19)16-17-7-8-18-16)15(21)12-22-13-5-3-2-4-6-13/h2-8,14H,9-12H2,1H3,(H,17,18). The Balaban J connectivity index is 1.58. The van der Waals surface area contributed by atoms with Gasteiger partial charge >= 0.3 is 0 Å². The van der Waals surface area contributed by atoms with Gasteiger partial charge in [0.25, 0.3) is 5.91 Å². The summed E-state index contributed by atoms with van der Waals surface area (Å²) in [4.78, 5) is 23.8. The van der Waals surface area contributed by atoms with Crippen LogP contribution in [0, 0.1) is 0 Å². The number of likely N-dealkylation sites (N-methyl/N-ethyl adjacent to an activating group) is 1. The fourth-order valence-electron chi connectivity index (χ4n) is 2.61. The van der Waals surface area contributed by atoms with Crippen LogP contribution in [0.1, 0.15) is 11.9 Å². The van der Waals surface area contributed by atoms with Crippen LogP contribution in [0.5, 0.6) is 5.75 Å². The zero-order valence-electron chi connectivity index (χ0n) is 12.6. The molecule has 1 atom stereocenters. The van der Waals surface area contributed by atoms with Crippen LogP contribution in [0.3, 0.4) is 0 Å². The Hall–Kier alpha value is -2.34. The van der Waals surface area contributed by atoms with E-state index in [4.69, 9.17) is 4.74 Å². The van der Waals surface area contributed by atoms with Crippen molar-refractivity contribution in [1.29, 1.82) is 0 Å². The second-order valence-electron chi connectivity index (χ2n) is 5.41. The summed E-state index contributed by atoms with van der Waals surface area (Å²) in [5.41, 5.74) is 0. The number of H-pyrrole nitrogens is 1. The summed E-state index contributed by atoms with van der Waals surface area (Å²) in [6, 6.07) is 9.50. The number of aromatic nitrogens is 2. The number of benzene rings is 1. The van der Waals surface area contributed by atoms with E-state index in [0.717, 1.165) is 12.4 Å². The molecule has 1 amide bonds. The number of imidazole rings is 1. The molecule has 1 N–H and O–H groups in total. The molecule has 0 spiro atoms. The van der Waals surface area contributed by atoms with E-state index in [-0.39, 0.29) is 18.6 Å². The Bertz CT molecular complexity index is 600. The van der Waals surface area contributed by atoms with Gasteiger partial charge in [0.05, 0.1) is 6.04 Å². The predicted octanol–water partition coefficient (Wildman–Crippen LogP) is 1.30. The first-order chi connectivity index (χ1) is 10.7. The van der Waals surface area contributed by atoms with E-state index >= 15 is 0 Å². The maximum absolute atomic E-state index is 12.3. The predicted molar refractivity (Wildman–Crippen MR) is 82.5 cm³/mol. The largest absolute Gasteiger partial charge is 0.484 e. The number of carbonyl (C=O) groups is 1. The third-order valence-electron chi connectivity index (χ3n) is 3.94. The molecule has 3 rings (SSSR count). The Labute approximate surface area is 129 Å².